The van der Waals surface area contributed by atoms with Gasteiger partial charge in [-0.15, -0.1) is 0 Å². The maximum Gasteiger partial charge on any atom is 1.00 e. The van der Waals surface area contributed by atoms with Crippen LogP contribution in [0.4, 0.5) is 17.6 Å². The zero-order valence-corrected chi connectivity index (χ0v) is 42.6. The van der Waals surface area contributed by atoms with E-state index in [4.69, 9.17) is 49.6 Å². The van der Waals surface area contributed by atoms with Gasteiger partial charge in [0.05, 0.1) is 6.10 Å². The number of halogens is 7. The molecule has 1 N–H and O–H groups in total. The molecular weight excluding hydrogens is 977 g/mol. The van der Waals surface area contributed by atoms with Crippen molar-refractivity contribution in [2.24, 2.45) is 11.8 Å². The number of carbonyl (C=O) groups excluding carboxylic acids is 1. The van der Waals surface area contributed by atoms with Gasteiger partial charge < -0.3 is 21.4 Å². The van der Waals surface area contributed by atoms with E-state index in [2.05, 4.69) is 14.9 Å². The van der Waals surface area contributed by atoms with Crippen LogP contribution in [-0.4, -0.2) is 33.8 Å². The molecule has 2 aromatic heterocycles. The van der Waals surface area contributed by atoms with Crippen molar-refractivity contribution in [1.82, 2.24) is 9.97 Å². The second-order valence-electron chi connectivity index (χ2n) is 12.0. The zero-order chi connectivity index (χ0) is 35.2. The molecule has 0 radical (unpaired) electrons. The number of pyridine rings is 2. The summed E-state index contributed by atoms with van der Waals surface area (Å²) in [5, 5.41) is 19.0. The van der Waals surface area contributed by atoms with Crippen LogP contribution in [0.3, 0.4) is 0 Å². The average Bonchev–Trinajstić information content (AvgIpc) is 3.98. The van der Waals surface area contributed by atoms with Gasteiger partial charge in [0, 0.05) is 28.8 Å². The first-order chi connectivity index (χ1) is 23.5. The molecule has 2 aliphatic carbocycles. The molecule has 262 valence electrons. The Bertz CT molecular complexity index is 1830. The maximum absolute atomic E-state index is 14.1. The van der Waals surface area contributed by atoms with E-state index in [0.717, 1.165) is 43.4 Å². The van der Waals surface area contributed by atoms with Crippen LogP contribution in [-0.2, 0) is 22.5 Å². The van der Waals surface area contributed by atoms with Gasteiger partial charge in [-0.1, -0.05) is 34.8 Å². The first kappa shape index (κ1) is 46.0. The molecular formula is C35H31Cl3Cs2F4N2O5. The number of hydrogen-bond acceptors (Lipinski definition) is 7. The van der Waals surface area contributed by atoms with Gasteiger partial charge in [-0.05, 0) is 116 Å². The summed E-state index contributed by atoms with van der Waals surface area (Å²) in [7, 11) is 0. The minimum atomic E-state index is -0.688. The Hall–Kier alpha value is 0.624. The molecule has 16 heteroatoms. The number of carbonyl (C=O) groups is 1. The van der Waals surface area contributed by atoms with Gasteiger partial charge in [-0.2, -0.15) is 0 Å². The van der Waals surface area contributed by atoms with Gasteiger partial charge in [-0.25, -0.2) is 27.5 Å². The number of nitrogens with zero attached hydrogens (tertiary/aromatic N) is 2. The first-order valence-corrected chi connectivity index (χ1v) is 16.6. The van der Waals surface area contributed by atoms with Crippen molar-refractivity contribution in [2.75, 3.05) is 0 Å². The number of aliphatic hydroxyl groups excluding tert-OH is 1. The summed E-state index contributed by atoms with van der Waals surface area (Å²) in [5.41, 5.74) is 3.13. The molecule has 0 saturated heterocycles. The standard InChI is InChI=1S/C17H15Cl2F2NO.C17H14ClF2NO.CH2O3.2Cs.H/c18-16-8-13(11-4-3-10(20)7-14(11)21)12(17(19)22-16)5-6-15(23)9-1-2-9;18-16-8-13(11-4-3-10(19)7-14(11)20)12-5-6-15(9-1-2-9)22-17(12)21-16;2-1-4-3;;;/h3-4,7-9,15,23H,1-2,5-6H2;3-4,7-9,15H,1-2,5-6H2;1,3H;;;/q;;;2*+1;-1/p-1. The van der Waals surface area contributed by atoms with Crippen LogP contribution in [0, 0.1) is 35.1 Å². The number of ether oxygens (including phenoxy) is 1. The summed E-state index contributed by atoms with van der Waals surface area (Å²) >= 11 is 18.2. The monoisotopic (exact) mass is 1010 g/mol. The Morgan fingerprint density at radius 3 is 1.94 bits per heavy atom. The molecule has 2 unspecified atom stereocenters. The van der Waals surface area contributed by atoms with Gasteiger partial charge in [0.1, 0.15) is 44.8 Å². The average molecular weight is 1010 g/mol. The number of rotatable bonds is 8. The van der Waals surface area contributed by atoms with Crippen molar-refractivity contribution in [1.29, 1.82) is 0 Å². The Kier molecular flexibility index (Phi) is 19.7. The van der Waals surface area contributed by atoms with Crippen LogP contribution in [0.1, 0.15) is 51.1 Å². The fraction of sp³-hybridized carbons (Fsp3) is 0.343. The van der Waals surface area contributed by atoms with Crippen molar-refractivity contribution in [2.45, 2.75) is 63.6 Å². The Labute approximate surface area is 426 Å². The third-order valence-electron chi connectivity index (χ3n) is 8.53. The Morgan fingerprint density at radius 2 is 1.41 bits per heavy atom. The van der Waals surface area contributed by atoms with E-state index in [1.54, 1.807) is 6.07 Å². The predicted molar refractivity (Wildman–Crippen MR) is 175 cm³/mol. The van der Waals surface area contributed by atoms with Crippen LogP contribution in [0.15, 0.2) is 48.5 Å². The number of benzene rings is 2. The molecule has 7 rings (SSSR count). The minimum Gasteiger partial charge on any atom is -1.00 e. The van der Waals surface area contributed by atoms with Gasteiger partial charge in [0.15, 0.2) is 0 Å². The van der Waals surface area contributed by atoms with Crippen LogP contribution in [0.2, 0.25) is 15.5 Å². The van der Waals surface area contributed by atoms with Crippen LogP contribution < -0.4 is 148 Å². The van der Waals surface area contributed by atoms with Crippen molar-refractivity contribution in [3.05, 3.63) is 98.4 Å². The van der Waals surface area contributed by atoms with E-state index < -0.39 is 29.4 Å². The van der Waals surface area contributed by atoms with Gasteiger partial charge in [0.2, 0.25) is 5.88 Å². The Balaban J connectivity index is 0.000000311. The van der Waals surface area contributed by atoms with Gasteiger partial charge in [0.25, 0.3) is 6.47 Å². The number of aromatic nitrogens is 2. The normalized spacial score (nSPS) is 16.3. The number of hydrogen-bond donors (Lipinski definition) is 1. The van der Waals surface area contributed by atoms with Gasteiger partial charge >= 0.3 is 138 Å². The smallest absolute Gasteiger partial charge is 1.00 e. The summed E-state index contributed by atoms with van der Waals surface area (Å²) in [6.07, 6.45) is 6.89. The topological polar surface area (TPSA) is 105 Å². The van der Waals surface area contributed by atoms with E-state index in [-0.39, 0.29) is 173 Å². The summed E-state index contributed by atoms with van der Waals surface area (Å²) in [6.45, 7) is -0.181. The van der Waals surface area contributed by atoms with Gasteiger partial charge in [-0.3, -0.25) is 4.79 Å². The Morgan fingerprint density at radius 1 is 0.863 bits per heavy atom. The maximum atomic E-state index is 14.1. The molecule has 4 aromatic rings. The molecule has 2 atom stereocenters. The molecule has 3 heterocycles. The molecule has 0 bridgehead atoms. The van der Waals surface area contributed by atoms with E-state index >= 15 is 0 Å². The molecule has 2 fully saturated rings. The SMILES string of the molecule is Fc1ccc(-c2cc(Cl)nc3c2CCC(C2CC2)O3)c(F)c1.O=CO[O-].OC(CCc1c(-c2ccc(F)cc2F)cc(Cl)nc1Cl)C1CC1.[Cs+].[Cs+].[H-]. The molecule has 1 aliphatic heterocycles. The van der Waals surface area contributed by atoms with Crippen molar-refractivity contribution < 1.29 is 182 Å². The first-order valence-electron chi connectivity index (χ1n) is 15.5. The summed E-state index contributed by atoms with van der Waals surface area (Å²) < 4.78 is 60.5. The molecule has 51 heavy (non-hydrogen) atoms. The second kappa shape index (κ2) is 21.8. The van der Waals surface area contributed by atoms with E-state index in [0.29, 0.717) is 52.8 Å². The fourth-order valence-corrected chi connectivity index (χ4v) is 6.51. The molecule has 0 spiro atoms. The van der Waals surface area contributed by atoms with E-state index in [1.165, 1.54) is 43.2 Å². The third-order valence-corrected chi connectivity index (χ3v) is 9.23. The van der Waals surface area contributed by atoms with Crippen molar-refractivity contribution in [3.63, 3.8) is 0 Å². The van der Waals surface area contributed by atoms with Crippen molar-refractivity contribution in [3.8, 4) is 28.1 Å². The third kappa shape index (κ3) is 13.1. The van der Waals surface area contributed by atoms with E-state index in [1.807, 2.05) is 0 Å². The molecule has 2 aromatic carbocycles. The van der Waals surface area contributed by atoms with Crippen molar-refractivity contribution >= 4 is 41.3 Å². The number of fused-ring (bicyclic) bond motifs is 1. The second-order valence-corrected chi connectivity index (χ2v) is 13.1. The molecule has 7 nitrogen and oxygen atoms in total. The molecule has 3 aliphatic rings. The van der Waals surface area contributed by atoms with E-state index in [9.17, 15) is 22.7 Å². The number of aliphatic hydroxyl groups is 1. The van der Waals surface area contributed by atoms with Crippen LogP contribution >= 0.6 is 34.8 Å². The quantitative estimate of drug-likeness (QED) is 0.0952. The summed E-state index contributed by atoms with van der Waals surface area (Å²) in [5.74, 6) is -1.08. The molecule has 2 saturated carbocycles. The summed E-state index contributed by atoms with van der Waals surface area (Å²) in [6, 6.07) is 10.1. The minimum absolute atomic E-state index is 0. The zero-order valence-electron chi connectivity index (χ0n) is 28.8. The van der Waals surface area contributed by atoms with Crippen LogP contribution in [0.5, 0.6) is 5.88 Å². The molecule has 0 amide bonds. The fourth-order valence-electron chi connectivity index (χ4n) is 5.80. The van der Waals surface area contributed by atoms with Crippen LogP contribution in [0.25, 0.3) is 22.3 Å². The summed E-state index contributed by atoms with van der Waals surface area (Å²) in [4.78, 5) is 19.5. The largest absolute Gasteiger partial charge is 1.00 e. The predicted octanol–water partition coefficient (Wildman–Crippen LogP) is 2.38.